The van der Waals surface area contributed by atoms with E-state index in [2.05, 4.69) is 15.5 Å². The number of nitrogens with one attached hydrogen (secondary N) is 2. The summed E-state index contributed by atoms with van der Waals surface area (Å²) in [6.45, 7) is 3.85. The smallest absolute Gasteiger partial charge is 0.251 e. The number of benzene rings is 2. The average molecular weight is 367 g/mol. The van der Waals surface area contributed by atoms with Crippen LogP contribution in [0.1, 0.15) is 35.7 Å². The van der Waals surface area contributed by atoms with Crippen LogP contribution >= 0.6 is 0 Å². The largest absolute Gasteiger partial charge is 0.396 e. The van der Waals surface area contributed by atoms with E-state index in [4.69, 9.17) is 5.11 Å². The van der Waals surface area contributed by atoms with Crippen LogP contribution in [0.15, 0.2) is 42.5 Å². The Bertz CT molecular complexity index is 929. The van der Waals surface area contributed by atoms with Crippen LogP contribution in [0.5, 0.6) is 0 Å². The normalized spacial score (nSPS) is 13.5. The maximum atomic E-state index is 12.3. The molecule has 0 bridgehead atoms. The zero-order valence-corrected chi connectivity index (χ0v) is 15.6. The second-order valence-electron chi connectivity index (χ2n) is 7.15. The second-order valence-corrected chi connectivity index (χ2v) is 7.15. The van der Waals surface area contributed by atoms with Gasteiger partial charge in [0.15, 0.2) is 0 Å². The molecular weight excluding hydrogens is 342 g/mol. The summed E-state index contributed by atoms with van der Waals surface area (Å²) < 4.78 is 0. The van der Waals surface area contributed by atoms with Crippen LogP contribution in [-0.2, 0) is 0 Å². The molecule has 0 aliphatic rings. The van der Waals surface area contributed by atoms with Gasteiger partial charge < -0.3 is 15.5 Å². The van der Waals surface area contributed by atoms with Crippen LogP contribution in [-0.4, -0.2) is 45.1 Å². The molecule has 6 heteroatoms. The monoisotopic (exact) mass is 367 g/mol. The van der Waals surface area contributed by atoms with Gasteiger partial charge >= 0.3 is 0 Å². The lowest BCUT2D eigenvalue weighted by atomic mass is 10.00. The number of hydrogen-bond acceptors (Lipinski definition) is 4. The van der Waals surface area contributed by atoms with Gasteiger partial charge in [0.1, 0.15) is 5.69 Å². The van der Waals surface area contributed by atoms with Gasteiger partial charge in [0.05, 0.1) is 11.1 Å². The maximum Gasteiger partial charge on any atom is 0.251 e. The summed E-state index contributed by atoms with van der Waals surface area (Å²) in [6, 6.07) is 13.3. The molecule has 142 valence electrons. The van der Waals surface area contributed by atoms with E-state index in [0.29, 0.717) is 18.4 Å². The van der Waals surface area contributed by atoms with Crippen molar-refractivity contribution in [2.45, 2.75) is 32.3 Å². The average Bonchev–Trinajstić information content (AvgIpc) is 3.10. The Morgan fingerprint density at radius 3 is 2.67 bits per heavy atom. The van der Waals surface area contributed by atoms with Crippen molar-refractivity contribution in [2.24, 2.45) is 0 Å². The second kappa shape index (κ2) is 7.90. The highest BCUT2D eigenvalue weighted by atomic mass is 16.3. The molecule has 1 amide bonds. The molecule has 3 rings (SSSR count). The molecule has 1 aromatic heterocycles. The Kier molecular flexibility index (Phi) is 5.58. The van der Waals surface area contributed by atoms with Crippen molar-refractivity contribution < 1.29 is 15.0 Å². The van der Waals surface area contributed by atoms with Crippen LogP contribution in [0, 0.1) is 6.92 Å². The standard InChI is InChI=1S/C21H25N3O3/c1-14-5-3-6-17-18(14)19(24-23-17)15-7-9-16(10-8-15)20(26)22-13-21(2,27)11-4-12-25/h3,5-10,25,27H,4,11-13H2,1-2H3,(H,22,26)(H,23,24)/t21-/m1/s1. The maximum absolute atomic E-state index is 12.3. The molecule has 4 N–H and O–H groups in total. The molecule has 27 heavy (non-hydrogen) atoms. The molecule has 0 saturated heterocycles. The summed E-state index contributed by atoms with van der Waals surface area (Å²) in [5.41, 5.74) is 3.40. The predicted molar refractivity (Wildman–Crippen MR) is 106 cm³/mol. The minimum absolute atomic E-state index is 0.0207. The summed E-state index contributed by atoms with van der Waals surface area (Å²) in [5, 5.41) is 30.4. The number of hydrogen-bond donors (Lipinski definition) is 4. The molecule has 0 fully saturated rings. The molecule has 0 aliphatic carbocycles. The number of aromatic nitrogens is 2. The lowest BCUT2D eigenvalue weighted by molar-refractivity contribution is 0.0415. The highest BCUT2D eigenvalue weighted by Gasteiger charge is 2.21. The van der Waals surface area contributed by atoms with E-state index in [1.807, 2.05) is 37.3 Å². The van der Waals surface area contributed by atoms with E-state index < -0.39 is 5.60 Å². The van der Waals surface area contributed by atoms with E-state index in [1.54, 1.807) is 19.1 Å². The first kappa shape index (κ1) is 19.1. The van der Waals surface area contributed by atoms with Gasteiger partial charge in [-0.05, 0) is 50.5 Å². The SMILES string of the molecule is Cc1cccc2[nH]nc(-c3ccc(C(=O)NC[C@](C)(O)CCCO)cc3)c12. The Hall–Kier alpha value is -2.70. The predicted octanol–water partition coefficient (Wildman–Crippen LogP) is 2.79. The number of fused-ring (bicyclic) bond motifs is 1. The van der Waals surface area contributed by atoms with E-state index in [-0.39, 0.29) is 19.1 Å². The summed E-state index contributed by atoms with van der Waals surface area (Å²) >= 11 is 0. The number of carbonyl (C=O) groups excluding carboxylic acids is 1. The molecule has 1 heterocycles. The van der Waals surface area contributed by atoms with Crippen molar-refractivity contribution in [3.63, 3.8) is 0 Å². The van der Waals surface area contributed by atoms with Gasteiger partial charge in [0.2, 0.25) is 0 Å². The van der Waals surface area contributed by atoms with Gasteiger partial charge in [0.25, 0.3) is 5.91 Å². The molecule has 3 aromatic rings. The van der Waals surface area contributed by atoms with Crippen molar-refractivity contribution in [2.75, 3.05) is 13.2 Å². The fraction of sp³-hybridized carbons (Fsp3) is 0.333. The third-order valence-corrected chi connectivity index (χ3v) is 4.72. The molecule has 0 saturated carbocycles. The van der Waals surface area contributed by atoms with Crippen molar-refractivity contribution in [1.82, 2.24) is 15.5 Å². The first-order valence-corrected chi connectivity index (χ1v) is 9.07. The van der Waals surface area contributed by atoms with E-state index in [0.717, 1.165) is 27.7 Å². The third-order valence-electron chi connectivity index (χ3n) is 4.72. The molecule has 0 aliphatic heterocycles. The molecule has 0 radical (unpaired) electrons. The minimum Gasteiger partial charge on any atom is -0.396 e. The van der Waals surface area contributed by atoms with E-state index in [9.17, 15) is 9.90 Å². The number of carbonyl (C=O) groups is 1. The Balaban J connectivity index is 1.72. The number of aliphatic hydroxyl groups is 2. The van der Waals surface area contributed by atoms with Crippen molar-refractivity contribution in [3.8, 4) is 11.3 Å². The van der Waals surface area contributed by atoms with Gasteiger partial charge in [-0.1, -0.05) is 24.3 Å². The fourth-order valence-electron chi connectivity index (χ4n) is 3.16. The van der Waals surface area contributed by atoms with Crippen LogP contribution in [0.25, 0.3) is 22.2 Å². The van der Waals surface area contributed by atoms with Crippen molar-refractivity contribution in [3.05, 3.63) is 53.6 Å². The summed E-state index contributed by atoms with van der Waals surface area (Å²) in [7, 11) is 0. The third kappa shape index (κ3) is 4.35. The number of amides is 1. The van der Waals surface area contributed by atoms with Crippen LogP contribution < -0.4 is 5.32 Å². The molecule has 0 unspecified atom stereocenters. The van der Waals surface area contributed by atoms with Crippen molar-refractivity contribution in [1.29, 1.82) is 0 Å². The molecule has 6 nitrogen and oxygen atoms in total. The molecule has 0 spiro atoms. The number of H-pyrrole nitrogens is 1. The zero-order chi connectivity index (χ0) is 19.4. The molecule has 2 aromatic carbocycles. The topological polar surface area (TPSA) is 98.2 Å². The fourth-order valence-corrected chi connectivity index (χ4v) is 3.16. The van der Waals surface area contributed by atoms with Crippen molar-refractivity contribution >= 4 is 16.8 Å². The van der Waals surface area contributed by atoms with E-state index in [1.165, 1.54) is 0 Å². The molecular formula is C21H25N3O3. The van der Waals surface area contributed by atoms with Crippen LogP contribution in [0.3, 0.4) is 0 Å². The van der Waals surface area contributed by atoms with Gasteiger partial charge in [-0.2, -0.15) is 5.10 Å². The Morgan fingerprint density at radius 1 is 1.22 bits per heavy atom. The number of aliphatic hydroxyl groups excluding tert-OH is 1. The van der Waals surface area contributed by atoms with Gasteiger partial charge in [-0.3, -0.25) is 9.89 Å². The van der Waals surface area contributed by atoms with Crippen LogP contribution in [0.2, 0.25) is 0 Å². The van der Waals surface area contributed by atoms with Gasteiger partial charge in [-0.15, -0.1) is 0 Å². The summed E-state index contributed by atoms with van der Waals surface area (Å²) in [6.07, 6.45) is 0.920. The minimum atomic E-state index is -1.04. The number of aromatic amines is 1. The quantitative estimate of drug-likeness (QED) is 0.516. The van der Waals surface area contributed by atoms with Crippen LogP contribution in [0.4, 0.5) is 0 Å². The van der Waals surface area contributed by atoms with E-state index >= 15 is 0 Å². The lowest BCUT2D eigenvalue weighted by Gasteiger charge is -2.23. The highest BCUT2D eigenvalue weighted by Crippen LogP contribution is 2.28. The Morgan fingerprint density at radius 2 is 1.96 bits per heavy atom. The summed E-state index contributed by atoms with van der Waals surface area (Å²) in [5.74, 6) is -0.242. The number of nitrogens with zero attached hydrogens (tertiary/aromatic N) is 1. The summed E-state index contributed by atoms with van der Waals surface area (Å²) in [4.78, 5) is 12.3. The number of rotatable bonds is 7. The van der Waals surface area contributed by atoms with Gasteiger partial charge in [0, 0.05) is 29.7 Å². The Labute approximate surface area is 158 Å². The first-order valence-electron chi connectivity index (χ1n) is 9.07. The first-order chi connectivity index (χ1) is 12.9. The highest BCUT2D eigenvalue weighted by molar-refractivity contribution is 5.97. The number of aryl methyl sites for hydroxylation is 1. The molecule has 1 atom stereocenters. The zero-order valence-electron chi connectivity index (χ0n) is 15.6. The lowest BCUT2D eigenvalue weighted by Crippen LogP contribution is -2.40. The van der Waals surface area contributed by atoms with Gasteiger partial charge in [-0.25, -0.2) is 0 Å².